The third-order valence-corrected chi connectivity index (χ3v) is 2.68. The number of H-pyrrole nitrogens is 1. The second kappa shape index (κ2) is 4.49. The molecule has 0 fully saturated rings. The Morgan fingerprint density at radius 2 is 2.18 bits per heavy atom. The lowest BCUT2D eigenvalue weighted by Crippen LogP contribution is -2.04. The highest BCUT2D eigenvalue weighted by Crippen LogP contribution is 2.28. The number of hydrogen-bond acceptors (Lipinski definition) is 3. The molecule has 0 saturated carbocycles. The van der Waals surface area contributed by atoms with E-state index in [1.807, 2.05) is 19.1 Å². The maximum absolute atomic E-state index is 11.6. The molecule has 1 N–H and O–H groups in total. The van der Waals surface area contributed by atoms with Crippen LogP contribution in [0.4, 0.5) is 0 Å². The van der Waals surface area contributed by atoms with E-state index in [0.717, 1.165) is 22.2 Å². The fourth-order valence-electron chi connectivity index (χ4n) is 1.83. The van der Waals surface area contributed by atoms with Crippen molar-refractivity contribution >= 4 is 16.9 Å². The molecule has 1 heterocycles. The summed E-state index contributed by atoms with van der Waals surface area (Å²) in [6.07, 6.45) is 0. The van der Waals surface area contributed by atoms with Crippen LogP contribution in [0.3, 0.4) is 0 Å². The van der Waals surface area contributed by atoms with E-state index in [1.54, 1.807) is 20.1 Å². The Bertz CT molecular complexity index is 557. The molecule has 0 radical (unpaired) electrons. The van der Waals surface area contributed by atoms with Gasteiger partial charge in [-0.3, -0.25) is 0 Å². The number of rotatable bonds is 3. The van der Waals surface area contributed by atoms with Gasteiger partial charge in [-0.15, -0.1) is 0 Å². The van der Waals surface area contributed by atoms with Gasteiger partial charge in [0.15, 0.2) is 0 Å². The molecule has 0 bridgehead atoms. The second-order valence-electron chi connectivity index (χ2n) is 3.78. The predicted molar refractivity (Wildman–Crippen MR) is 65.5 cm³/mol. The van der Waals surface area contributed by atoms with Crippen LogP contribution in [-0.2, 0) is 4.74 Å². The van der Waals surface area contributed by atoms with Crippen LogP contribution < -0.4 is 4.74 Å². The Kier molecular flexibility index (Phi) is 3.04. The Hall–Kier alpha value is -1.97. The molecule has 0 aliphatic rings. The van der Waals surface area contributed by atoms with Crippen LogP contribution in [0.15, 0.2) is 18.2 Å². The van der Waals surface area contributed by atoms with E-state index in [0.29, 0.717) is 12.3 Å². The van der Waals surface area contributed by atoms with Gasteiger partial charge in [-0.05, 0) is 31.5 Å². The standard InChI is InChI=1S/C13H15NO3/c1-4-17-13(15)10-7-9-11(16-3)6-5-8(2)12(9)14-10/h5-7,14H,4H2,1-3H3. The molecule has 0 aliphatic carbocycles. The average molecular weight is 233 g/mol. The number of methoxy groups -OCH3 is 1. The van der Waals surface area contributed by atoms with Crippen molar-refractivity contribution < 1.29 is 14.3 Å². The van der Waals surface area contributed by atoms with Crippen molar-refractivity contribution in [3.8, 4) is 5.75 Å². The zero-order chi connectivity index (χ0) is 12.4. The topological polar surface area (TPSA) is 51.3 Å². The Morgan fingerprint density at radius 1 is 1.41 bits per heavy atom. The van der Waals surface area contributed by atoms with E-state index in [4.69, 9.17) is 9.47 Å². The van der Waals surface area contributed by atoms with Gasteiger partial charge >= 0.3 is 5.97 Å². The monoisotopic (exact) mass is 233 g/mol. The average Bonchev–Trinajstić information content (AvgIpc) is 2.76. The summed E-state index contributed by atoms with van der Waals surface area (Å²) in [6.45, 7) is 4.13. The molecule has 1 aromatic carbocycles. The lowest BCUT2D eigenvalue weighted by molar-refractivity contribution is 0.0520. The maximum atomic E-state index is 11.6. The Balaban J connectivity index is 2.56. The van der Waals surface area contributed by atoms with Gasteiger partial charge in [0.05, 0.1) is 19.2 Å². The molecule has 17 heavy (non-hydrogen) atoms. The first-order valence-corrected chi connectivity index (χ1v) is 5.50. The number of nitrogens with one attached hydrogen (secondary N) is 1. The van der Waals surface area contributed by atoms with Crippen LogP contribution in [-0.4, -0.2) is 24.7 Å². The number of ether oxygens (including phenoxy) is 2. The number of carbonyl (C=O) groups is 1. The van der Waals surface area contributed by atoms with Gasteiger partial charge in [0.25, 0.3) is 0 Å². The van der Waals surface area contributed by atoms with Crippen molar-refractivity contribution in [1.82, 2.24) is 4.98 Å². The molecule has 2 aromatic rings. The van der Waals surface area contributed by atoms with Gasteiger partial charge in [-0.2, -0.15) is 0 Å². The minimum absolute atomic E-state index is 0.342. The Morgan fingerprint density at radius 3 is 2.82 bits per heavy atom. The van der Waals surface area contributed by atoms with Crippen LogP contribution in [0, 0.1) is 6.92 Å². The summed E-state index contributed by atoms with van der Waals surface area (Å²) in [5.41, 5.74) is 2.43. The van der Waals surface area contributed by atoms with Crippen LogP contribution >= 0.6 is 0 Å². The highest BCUT2D eigenvalue weighted by molar-refractivity contribution is 5.98. The fraction of sp³-hybridized carbons (Fsp3) is 0.308. The van der Waals surface area contributed by atoms with Gasteiger partial charge in [0.1, 0.15) is 11.4 Å². The predicted octanol–water partition coefficient (Wildman–Crippen LogP) is 2.66. The minimum Gasteiger partial charge on any atom is -0.496 e. The SMILES string of the molecule is CCOC(=O)c1cc2c(OC)ccc(C)c2[nH]1. The number of fused-ring (bicyclic) bond motifs is 1. The van der Waals surface area contributed by atoms with Gasteiger partial charge in [-0.25, -0.2) is 4.79 Å². The summed E-state index contributed by atoms with van der Waals surface area (Å²) in [4.78, 5) is 14.7. The first kappa shape index (κ1) is 11.5. The van der Waals surface area contributed by atoms with Crippen LogP contribution in [0.2, 0.25) is 0 Å². The smallest absolute Gasteiger partial charge is 0.354 e. The molecule has 0 aliphatic heterocycles. The molecule has 0 amide bonds. The quantitative estimate of drug-likeness (QED) is 0.829. The van der Waals surface area contributed by atoms with Gasteiger partial charge < -0.3 is 14.5 Å². The van der Waals surface area contributed by atoms with E-state index in [-0.39, 0.29) is 5.97 Å². The first-order chi connectivity index (χ1) is 8.17. The van der Waals surface area contributed by atoms with Crippen molar-refractivity contribution in [3.05, 3.63) is 29.5 Å². The molecule has 1 aromatic heterocycles. The van der Waals surface area contributed by atoms with Crippen LogP contribution in [0.1, 0.15) is 23.0 Å². The molecule has 0 unspecified atom stereocenters. The lowest BCUT2D eigenvalue weighted by atomic mass is 10.1. The molecule has 4 nitrogen and oxygen atoms in total. The zero-order valence-electron chi connectivity index (χ0n) is 10.2. The van der Waals surface area contributed by atoms with Crippen LogP contribution in [0.25, 0.3) is 10.9 Å². The van der Waals surface area contributed by atoms with Crippen molar-refractivity contribution in [2.24, 2.45) is 0 Å². The molecule has 0 saturated heterocycles. The van der Waals surface area contributed by atoms with Crippen molar-refractivity contribution in [1.29, 1.82) is 0 Å². The fourth-order valence-corrected chi connectivity index (χ4v) is 1.83. The maximum Gasteiger partial charge on any atom is 0.354 e. The summed E-state index contributed by atoms with van der Waals surface area (Å²) in [5, 5.41) is 0.899. The van der Waals surface area contributed by atoms with Crippen molar-refractivity contribution in [3.63, 3.8) is 0 Å². The van der Waals surface area contributed by atoms with Crippen LogP contribution in [0.5, 0.6) is 5.75 Å². The summed E-state index contributed by atoms with van der Waals surface area (Å²) < 4.78 is 10.2. The molecule has 90 valence electrons. The van der Waals surface area contributed by atoms with E-state index in [2.05, 4.69) is 4.98 Å². The highest BCUT2D eigenvalue weighted by Gasteiger charge is 2.13. The number of aromatic amines is 1. The largest absolute Gasteiger partial charge is 0.496 e. The molecule has 4 heteroatoms. The molecule has 2 rings (SSSR count). The zero-order valence-corrected chi connectivity index (χ0v) is 10.2. The number of aromatic nitrogens is 1. The Labute approximate surface area is 99.5 Å². The molecule has 0 atom stereocenters. The summed E-state index contributed by atoms with van der Waals surface area (Å²) >= 11 is 0. The molecule has 0 spiro atoms. The van der Waals surface area contributed by atoms with Crippen molar-refractivity contribution in [2.75, 3.05) is 13.7 Å². The van der Waals surface area contributed by atoms with E-state index in [9.17, 15) is 4.79 Å². The normalized spacial score (nSPS) is 10.5. The number of carbonyl (C=O) groups excluding carboxylic acids is 1. The molecular weight excluding hydrogens is 218 g/mol. The van der Waals surface area contributed by atoms with E-state index >= 15 is 0 Å². The summed E-state index contributed by atoms with van der Waals surface area (Å²) in [6, 6.07) is 5.60. The summed E-state index contributed by atoms with van der Waals surface area (Å²) in [5.74, 6) is 0.405. The van der Waals surface area contributed by atoms with Gasteiger partial charge in [0, 0.05) is 5.39 Å². The second-order valence-corrected chi connectivity index (χ2v) is 3.78. The third kappa shape index (κ3) is 1.98. The molecular formula is C13H15NO3. The van der Waals surface area contributed by atoms with Gasteiger partial charge in [-0.1, -0.05) is 6.07 Å². The number of aryl methyl sites for hydroxylation is 1. The number of esters is 1. The van der Waals surface area contributed by atoms with E-state index in [1.165, 1.54) is 0 Å². The number of hydrogen-bond donors (Lipinski definition) is 1. The minimum atomic E-state index is -0.342. The third-order valence-electron chi connectivity index (χ3n) is 2.68. The number of benzene rings is 1. The van der Waals surface area contributed by atoms with Gasteiger partial charge in [0.2, 0.25) is 0 Å². The first-order valence-electron chi connectivity index (χ1n) is 5.50. The summed E-state index contributed by atoms with van der Waals surface area (Å²) in [7, 11) is 1.61. The van der Waals surface area contributed by atoms with E-state index < -0.39 is 0 Å². The highest BCUT2D eigenvalue weighted by atomic mass is 16.5. The lowest BCUT2D eigenvalue weighted by Gasteiger charge is -2.02. The van der Waals surface area contributed by atoms with Crippen molar-refractivity contribution in [2.45, 2.75) is 13.8 Å².